The topological polar surface area (TPSA) is 54.9 Å². The number of aromatic amines is 1. The number of aromatic nitrogens is 2. The summed E-state index contributed by atoms with van der Waals surface area (Å²) in [5.41, 5.74) is 3.01. The standard InChI is InChI=1S/C15H10N2O2/c1-8-6-7-11-12-13(15(19)17(8)11)16-10-5-3-2-4-9(10)14(12)18/h2-7H,1H3,(H,16,18). The molecule has 19 heavy (non-hydrogen) atoms. The summed E-state index contributed by atoms with van der Waals surface area (Å²) in [5.74, 6) is -0.157. The summed E-state index contributed by atoms with van der Waals surface area (Å²) in [6.45, 7) is 1.86. The number of pyridine rings is 1. The molecule has 92 valence electrons. The molecule has 0 aliphatic carbocycles. The minimum atomic E-state index is -0.157. The maximum atomic E-state index is 12.6. The van der Waals surface area contributed by atoms with E-state index in [4.69, 9.17) is 0 Å². The first-order valence-corrected chi connectivity index (χ1v) is 6.07. The Bertz CT molecular complexity index is 916. The van der Waals surface area contributed by atoms with Crippen LogP contribution < -0.4 is 5.43 Å². The zero-order valence-electron chi connectivity index (χ0n) is 10.2. The lowest BCUT2D eigenvalue weighted by atomic mass is 10.1. The SMILES string of the molecule is Cc1ccc2n1C(=O)c1[nH]c3ccccc3c(=O)c1-2. The molecule has 1 aliphatic heterocycles. The monoisotopic (exact) mass is 250 g/mol. The summed E-state index contributed by atoms with van der Waals surface area (Å²) in [7, 11) is 0. The third-order valence-electron chi connectivity index (χ3n) is 3.66. The Hall–Kier alpha value is -2.62. The fourth-order valence-corrected chi connectivity index (χ4v) is 2.76. The van der Waals surface area contributed by atoms with Gasteiger partial charge in [0.1, 0.15) is 5.69 Å². The molecule has 0 unspecified atom stereocenters. The number of hydrogen-bond acceptors (Lipinski definition) is 2. The Labute approximate surface area is 108 Å². The van der Waals surface area contributed by atoms with Gasteiger partial charge in [0.05, 0.1) is 11.3 Å². The maximum Gasteiger partial charge on any atom is 0.279 e. The molecule has 3 heterocycles. The van der Waals surface area contributed by atoms with Gasteiger partial charge < -0.3 is 4.98 Å². The third kappa shape index (κ3) is 1.13. The number of para-hydroxylation sites is 1. The van der Waals surface area contributed by atoms with Crippen molar-refractivity contribution in [3.05, 3.63) is 58.0 Å². The van der Waals surface area contributed by atoms with Gasteiger partial charge in [-0.05, 0) is 31.2 Å². The van der Waals surface area contributed by atoms with E-state index in [1.165, 1.54) is 0 Å². The van der Waals surface area contributed by atoms with Crippen molar-refractivity contribution in [1.29, 1.82) is 0 Å². The Morgan fingerprint density at radius 1 is 1.05 bits per heavy atom. The van der Waals surface area contributed by atoms with Crippen molar-refractivity contribution in [2.24, 2.45) is 0 Å². The van der Waals surface area contributed by atoms with Crippen LogP contribution in [0.1, 0.15) is 16.2 Å². The fourth-order valence-electron chi connectivity index (χ4n) is 2.76. The van der Waals surface area contributed by atoms with Crippen LogP contribution in [-0.4, -0.2) is 15.5 Å². The van der Waals surface area contributed by atoms with Crippen LogP contribution in [0.15, 0.2) is 41.2 Å². The molecule has 0 fully saturated rings. The van der Waals surface area contributed by atoms with E-state index >= 15 is 0 Å². The number of nitrogens with zero attached hydrogens (tertiary/aromatic N) is 1. The van der Waals surface area contributed by atoms with Crippen molar-refractivity contribution >= 4 is 16.8 Å². The van der Waals surface area contributed by atoms with E-state index in [9.17, 15) is 9.59 Å². The highest BCUT2D eigenvalue weighted by atomic mass is 16.2. The van der Waals surface area contributed by atoms with Crippen molar-refractivity contribution in [2.45, 2.75) is 6.92 Å². The minimum absolute atomic E-state index is 0.0884. The first-order chi connectivity index (χ1) is 9.18. The number of hydrogen-bond donors (Lipinski definition) is 1. The van der Waals surface area contributed by atoms with Crippen LogP contribution in [0.4, 0.5) is 0 Å². The number of fused-ring (bicyclic) bond motifs is 4. The van der Waals surface area contributed by atoms with Crippen LogP contribution in [0.3, 0.4) is 0 Å². The molecule has 3 aromatic rings. The second-order valence-electron chi connectivity index (χ2n) is 4.75. The molecule has 0 amide bonds. The van der Waals surface area contributed by atoms with Crippen LogP contribution >= 0.6 is 0 Å². The second-order valence-corrected chi connectivity index (χ2v) is 4.75. The smallest absolute Gasteiger partial charge is 0.279 e. The highest BCUT2D eigenvalue weighted by molar-refractivity contribution is 6.09. The van der Waals surface area contributed by atoms with Gasteiger partial charge in [-0.3, -0.25) is 14.2 Å². The van der Waals surface area contributed by atoms with E-state index in [-0.39, 0.29) is 11.3 Å². The van der Waals surface area contributed by atoms with E-state index in [0.29, 0.717) is 27.9 Å². The Kier molecular flexibility index (Phi) is 1.75. The number of H-pyrrole nitrogens is 1. The van der Waals surface area contributed by atoms with Crippen LogP contribution in [0, 0.1) is 6.92 Å². The van der Waals surface area contributed by atoms with E-state index in [0.717, 1.165) is 5.69 Å². The van der Waals surface area contributed by atoms with Gasteiger partial charge in [-0.25, -0.2) is 0 Å². The van der Waals surface area contributed by atoms with Crippen molar-refractivity contribution in [1.82, 2.24) is 9.55 Å². The lowest BCUT2D eigenvalue weighted by Crippen LogP contribution is -2.12. The zero-order valence-corrected chi connectivity index (χ0v) is 10.2. The number of carbonyl (C=O) groups excluding carboxylic acids is 1. The van der Waals surface area contributed by atoms with Gasteiger partial charge in [0.2, 0.25) is 0 Å². The Morgan fingerprint density at radius 2 is 1.84 bits per heavy atom. The molecular weight excluding hydrogens is 240 g/mol. The second kappa shape index (κ2) is 3.23. The Morgan fingerprint density at radius 3 is 2.68 bits per heavy atom. The summed E-state index contributed by atoms with van der Waals surface area (Å²) in [5, 5.41) is 0.612. The summed E-state index contributed by atoms with van der Waals surface area (Å²) in [6.07, 6.45) is 0. The molecule has 1 N–H and O–H groups in total. The highest BCUT2D eigenvalue weighted by Crippen LogP contribution is 2.31. The summed E-state index contributed by atoms with van der Waals surface area (Å²) < 4.78 is 1.58. The Balaban J connectivity index is 2.23. The van der Waals surface area contributed by atoms with Gasteiger partial charge in [-0.15, -0.1) is 0 Å². The highest BCUT2D eigenvalue weighted by Gasteiger charge is 2.31. The molecule has 0 spiro atoms. The lowest BCUT2D eigenvalue weighted by molar-refractivity contribution is 0.0963. The number of aryl methyl sites for hydroxylation is 1. The van der Waals surface area contributed by atoms with Gasteiger partial charge in [0, 0.05) is 16.6 Å². The van der Waals surface area contributed by atoms with Gasteiger partial charge in [-0.1, -0.05) is 12.1 Å². The van der Waals surface area contributed by atoms with Crippen molar-refractivity contribution in [3.8, 4) is 11.3 Å². The predicted molar refractivity (Wildman–Crippen MR) is 72.5 cm³/mol. The molecule has 0 saturated carbocycles. The first-order valence-electron chi connectivity index (χ1n) is 6.07. The summed E-state index contributed by atoms with van der Waals surface area (Å²) in [6, 6.07) is 10.9. The van der Waals surface area contributed by atoms with Crippen LogP contribution in [0.2, 0.25) is 0 Å². The normalized spacial score (nSPS) is 12.8. The average Bonchev–Trinajstić information content (AvgIpc) is 2.91. The molecule has 4 nitrogen and oxygen atoms in total. The van der Waals surface area contributed by atoms with Gasteiger partial charge in [0.25, 0.3) is 5.91 Å². The fraction of sp³-hybridized carbons (Fsp3) is 0.0667. The van der Waals surface area contributed by atoms with Crippen LogP contribution in [0.5, 0.6) is 0 Å². The predicted octanol–water partition coefficient (Wildman–Crippen LogP) is 2.31. The van der Waals surface area contributed by atoms with Gasteiger partial charge in [0.15, 0.2) is 5.43 Å². The van der Waals surface area contributed by atoms with Crippen molar-refractivity contribution < 1.29 is 4.79 Å². The third-order valence-corrected chi connectivity index (χ3v) is 3.66. The molecular formula is C15H10N2O2. The molecule has 1 aromatic carbocycles. The lowest BCUT2D eigenvalue weighted by Gasteiger charge is -2.01. The minimum Gasteiger partial charge on any atom is -0.350 e. The van der Waals surface area contributed by atoms with Crippen LogP contribution in [-0.2, 0) is 0 Å². The molecule has 4 rings (SSSR count). The quantitative estimate of drug-likeness (QED) is 0.520. The average molecular weight is 250 g/mol. The zero-order chi connectivity index (χ0) is 13.1. The summed E-state index contributed by atoms with van der Waals surface area (Å²) in [4.78, 5) is 28.0. The molecule has 2 aromatic heterocycles. The van der Waals surface area contributed by atoms with E-state index in [1.54, 1.807) is 10.6 Å². The number of benzene rings is 1. The van der Waals surface area contributed by atoms with E-state index in [2.05, 4.69) is 4.98 Å². The molecule has 0 radical (unpaired) electrons. The van der Waals surface area contributed by atoms with Gasteiger partial charge in [-0.2, -0.15) is 0 Å². The first kappa shape index (κ1) is 10.3. The van der Waals surface area contributed by atoms with Gasteiger partial charge >= 0.3 is 0 Å². The van der Waals surface area contributed by atoms with Crippen molar-refractivity contribution in [2.75, 3.05) is 0 Å². The van der Waals surface area contributed by atoms with E-state index in [1.807, 2.05) is 37.3 Å². The number of carbonyl (C=O) groups is 1. The molecule has 0 bridgehead atoms. The maximum absolute atomic E-state index is 12.6. The number of nitrogens with one attached hydrogen (secondary N) is 1. The molecule has 1 aliphatic rings. The van der Waals surface area contributed by atoms with E-state index < -0.39 is 0 Å². The molecule has 0 saturated heterocycles. The molecule has 0 atom stereocenters. The summed E-state index contributed by atoms with van der Waals surface area (Å²) >= 11 is 0. The van der Waals surface area contributed by atoms with Crippen molar-refractivity contribution in [3.63, 3.8) is 0 Å². The molecule has 4 heteroatoms. The largest absolute Gasteiger partial charge is 0.350 e. The van der Waals surface area contributed by atoms with Crippen LogP contribution in [0.25, 0.3) is 22.2 Å². The number of rotatable bonds is 0.